The van der Waals surface area contributed by atoms with Crippen molar-refractivity contribution < 1.29 is 22.8 Å². The molecule has 0 atom stereocenters. The predicted octanol–water partition coefficient (Wildman–Crippen LogP) is 5.32. The lowest BCUT2D eigenvalue weighted by atomic mass is 10.2. The number of nitrogens with one attached hydrogen (secondary N) is 1. The second kappa shape index (κ2) is 12.5. The van der Waals surface area contributed by atoms with Gasteiger partial charge in [-0.15, -0.1) is 0 Å². The summed E-state index contributed by atoms with van der Waals surface area (Å²) in [7, 11) is -4.24. The number of likely N-dealkylation sites (tertiary alicyclic amines) is 1. The molecule has 38 heavy (non-hydrogen) atoms. The van der Waals surface area contributed by atoms with Crippen LogP contribution in [0.2, 0.25) is 10.0 Å². The summed E-state index contributed by atoms with van der Waals surface area (Å²) in [5.74, 6) is -0.509. The predicted molar refractivity (Wildman–Crippen MR) is 147 cm³/mol. The Bertz CT molecular complexity index is 1380. The molecule has 0 bridgehead atoms. The lowest BCUT2D eigenvalue weighted by Gasteiger charge is -2.24. The van der Waals surface area contributed by atoms with Crippen molar-refractivity contribution in [3.63, 3.8) is 0 Å². The molecule has 200 valence electrons. The number of halogens is 2. The Morgan fingerprint density at radius 1 is 0.895 bits per heavy atom. The molecule has 0 aromatic heterocycles. The van der Waals surface area contributed by atoms with Gasteiger partial charge in [-0.25, -0.2) is 0 Å². The topological polar surface area (TPSA) is 96.0 Å². The third-order valence-corrected chi connectivity index (χ3v) is 8.15. The molecule has 1 aliphatic heterocycles. The molecular formula is C27H27Cl2N3O5S. The molecule has 3 aromatic rings. The standard InChI is InChI=1S/C27H27Cl2N3O5S/c28-21-12-15-25(24(29)18-21)37-32(22-8-4-3-5-9-22)38(35,36)23-13-10-20(11-14-23)27(34)30-19-26(33)31-16-6-1-2-7-17-31/h3-5,8-15,18H,1-2,6-7,16-17,19H2,(H,30,34). The first-order chi connectivity index (χ1) is 18.3. The monoisotopic (exact) mass is 575 g/mol. The molecule has 1 heterocycles. The van der Waals surface area contributed by atoms with Gasteiger partial charge >= 0.3 is 0 Å². The number of sulfonamides is 1. The first-order valence-electron chi connectivity index (χ1n) is 12.1. The molecule has 1 fully saturated rings. The number of carbonyl (C=O) groups excluding carboxylic acids is 2. The van der Waals surface area contributed by atoms with E-state index in [-0.39, 0.29) is 39.4 Å². The van der Waals surface area contributed by atoms with Crippen LogP contribution < -0.4 is 14.6 Å². The van der Waals surface area contributed by atoms with Gasteiger partial charge in [0.1, 0.15) is 0 Å². The quantitative estimate of drug-likeness (QED) is 0.367. The Morgan fingerprint density at radius 3 is 2.18 bits per heavy atom. The lowest BCUT2D eigenvalue weighted by molar-refractivity contribution is -0.130. The van der Waals surface area contributed by atoms with Gasteiger partial charge in [-0.2, -0.15) is 8.42 Å². The molecule has 0 unspecified atom stereocenters. The van der Waals surface area contributed by atoms with Gasteiger partial charge in [0.05, 0.1) is 22.2 Å². The number of para-hydroxylation sites is 1. The number of carbonyl (C=O) groups is 2. The highest BCUT2D eigenvalue weighted by molar-refractivity contribution is 7.92. The first kappa shape index (κ1) is 27.8. The van der Waals surface area contributed by atoms with Crippen molar-refractivity contribution in [3.05, 3.63) is 88.4 Å². The molecule has 1 aliphatic rings. The Hall–Kier alpha value is -3.27. The minimum absolute atomic E-state index is 0.0913. The van der Waals surface area contributed by atoms with Crippen LogP contribution in [0.15, 0.2) is 77.7 Å². The normalized spacial score (nSPS) is 13.9. The van der Waals surface area contributed by atoms with Crippen molar-refractivity contribution >= 4 is 50.7 Å². The first-order valence-corrected chi connectivity index (χ1v) is 14.3. The highest BCUT2D eigenvalue weighted by atomic mass is 35.5. The van der Waals surface area contributed by atoms with Gasteiger partial charge in [0.25, 0.3) is 15.9 Å². The minimum atomic E-state index is -4.24. The summed E-state index contributed by atoms with van der Waals surface area (Å²) in [5, 5.41) is 3.13. The van der Waals surface area contributed by atoms with Gasteiger partial charge in [-0.05, 0) is 67.4 Å². The number of benzene rings is 3. The smallest absolute Gasteiger partial charge is 0.295 e. The van der Waals surface area contributed by atoms with Crippen molar-refractivity contribution in [1.82, 2.24) is 10.2 Å². The number of anilines is 1. The van der Waals surface area contributed by atoms with E-state index in [0.717, 1.165) is 30.2 Å². The van der Waals surface area contributed by atoms with E-state index in [1.807, 2.05) is 0 Å². The largest absolute Gasteiger partial charge is 0.363 e. The molecule has 2 amide bonds. The average Bonchev–Trinajstić information content (AvgIpc) is 3.21. The zero-order chi connectivity index (χ0) is 27.1. The van der Waals surface area contributed by atoms with Crippen LogP contribution in [-0.4, -0.2) is 44.8 Å². The van der Waals surface area contributed by atoms with Crippen LogP contribution in [0.3, 0.4) is 0 Å². The van der Waals surface area contributed by atoms with Crippen LogP contribution in [0, 0.1) is 0 Å². The van der Waals surface area contributed by atoms with Crippen LogP contribution in [0.25, 0.3) is 0 Å². The highest BCUT2D eigenvalue weighted by Crippen LogP contribution is 2.32. The molecule has 0 spiro atoms. The van der Waals surface area contributed by atoms with E-state index in [1.165, 1.54) is 42.5 Å². The van der Waals surface area contributed by atoms with Crippen LogP contribution in [-0.2, 0) is 14.8 Å². The van der Waals surface area contributed by atoms with Crippen LogP contribution in [0.4, 0.5) is 5.69 Å². The lowest BCUT2D eigenvalue weighted by Crippen LogP contribution is -2.40. The van der Waals surface area contributed by atoms with Crippen LogP contribution in [0.1, 0.15) is 36.0 Å². The Kier molecular flexibility index (Phi) is 9.14. The van der Waals surface area contributed by atoms with E-state index in [0.29, 0.717) is 18.1 Å². The van der Waals surface area contributed by atoms with Crippen molar-refractivity contribution in [2.24, 2.45) is 0 Å². The zero-order valence-corrected chi connectivity index (χ0v) is 22.8. The summed E-state index contributed by atoms with van der Waals surface area (Å²) < 4.78 is 28.0. The maximum atomic E-state index is 13.6. The molecular weight excluding hydrogens is 549 g/mol. The molecule has 0 saturated carbocycles. The Labute approximate surface area is 232 Å². The van der Waals surface area contributed by atoms with Crippen molar-refractivity contribution in [2.75, 3.05) is 24.1 Å². The molecule has 0 aliphatic carbocycles. The number of amides is 2. The average molecular weight is 577 g/mol. The van der Waals surface area contributed by atoms with E-state index in [4.69, 9.17) is 28.0 Å². The summed E-state index contributed by atoms with van der Waals surface area (Å²) in [5.41, 5.74) is 0.466. The Morgan fingerprint density at radius 2 is 1.55 bits per heavy atom. The molecule has 1 saturated heterocycles. The number of rotatable bonds is 8. The zero-order valence-electron chi connectivity index (χ0n) is 20.5. The van der Waals surface area contributed by atoms with E-state index in [2.05, 4.69) is 5.32 Å². The van der Waals surface area contributed by atoms with Gasteiger partial charge in [0.2, 0.25) is 5.91 Å². The maximum Gasteiger partial charge on any atom is 0.295 e. The molecule has 4 rings (SSSR count). The number of hydrogen-bond acceptors (Lipinski definition) is 5. The number of hydrogen-bond donors (Lipinski definition) is 1. The van der Waals surface area contributed by atoms with Crippen molar-refractivity contribution in [3.8, 4) is 5.75 Å². The summed E-state index contributed by atoms with van der Waals surface area (Å²) in [6.45, 7) is 1.28. The SMILES string of the molecule is O=C(NCC(=O)N1CCCCCC1)c1ccc(S(=O)(=O)N(Oc2ccc(Cl)cc2Cl)c2ccccc2)cc1. The van der Waals surface area contributed by atoms with Gasteiger partial charge in [-0.3, -0.25) is 9.59 Å². The van der Waals surface area contributed by atoms with Gasteiger partial charge in [0, 0.05) is 23.7 Å². The minimum Gasteiger partial charge on any atom is -0.363 e. The summed E-state index contributed by atoms with van der Waals surface area (Å²) in [6, 6.07) is 18.1. The van der Waals surface area contributed by atoms with Gasteiger partial charge < -0.3 is 15.1 Å². The molecule has 11 heteroatoms. The van der Waals surface area contributed by atoms with Gasteiger partial charge in [0.15, 0.2) is 5.75 Å². The van der Waals surface area contributed by atoms with Crippen molar-refractivity contribution in [1.29, 1.82) is 0 Å². The summed E-state index contributed by atoms with van der Waals surface area (Å²) in [6.07, 6.45) is 4.13. The molecule has 8 nitrogen and oxygen atoms in total. The van der Waals surface area contributed by atoms with Crippen LogP contribution >= 0.6 is 23.2 Å². The van der Waals surface area contributed by atoms with Crippen LogP contribution in [0.5, 0.6) is 5.75 Å². The fourth-order valence-electron chi connectivity index (χ4n) is 3.99. The third-order valence-electron chi connectivity index (χ3n) is 6.03. The fraction of sp³-hybridized carbons (Fsp3) is 0.259. The van der Waals surface area contributed by atoms with E-state index >= 15 is 0 Å². The van der Waals surface area contributed by atoms with E-state index in [1.54, 1.807) is 35.2 Å². The Balaban J connectivity index is 1.50. The number of nitrogens with zero attached hydrogens (tertiary/aromatic N) is 2. The third kappa shape index (κ3) is 6.78. The summed E-state index contributed by atoms with van der Waals surface area (Å²) in [4.78, 5) is 32.5. The second-order valence-electron chi connectivity index (χ2n) is 8.74. The highest BCUT2D eigenvalue weighted by Gasteiger charge is 2.28. The second-order valence-corrected chi connectivity index (χ2v) is 11.3. The molecule has 3 aromatic carbocycles. The summed E-state index contributed by atoms with van der Waals surface area (Å²) >= 11 is 12.2. The maximum absolute atomic E-state index is 13.6. The molecule has 0 radical (unpaired) electrons. The van der Waals surface area contributed by atoms with E-state index in [9.17, 15) is 18.0 Å². The van der Waals surface area contributed by atoms with E-state index < -0.39 is 15.9 Å². The molecule has 1 N–H and O–H groups in total. The van der Waals surface area contributed by atoms with Gasteiger partial charge in [-0.1, -0.05) is 58.7 Å². The fourth-order valence-corrected chi connectivity index (χ4v) is 5.68. The van der Waals surface area contributed by atoms with Crippen molar-refractivity contribution in [2.45, 2.75) is 30.6 Å².